The number of pyridine rings is 1. The molecule has 4 aromatic heterocycles. The summed E-state index contributed by atoms with van der Waals surface area (Å²) in [5.74, 6) is 1.43. The number of hydrogen-bond acceptors (Lipinski definition) is 8. The zero-order valence-corrected chi connectivity index (χ0v) is 17.2. The van der Waals surface area contributed by atoms with E-state index in [1.807, 2.05) is 36.0 Å². The topological polar surface area (TPSA) is 102 Å². The number of rotatable bonds is 4. The Hall–Kier alpha value is -2.60. The van der Waals surface area contributed by atoms with Gasteiger partial charge in [0, 0.05) is 6.20 Å². The van der Waals surface area contributed by atoms with Gasteiger partial charge in [0.25, 0.3) is 0 Å². The van der Waals surface area contributed by atoms with Crippen molar-refractivity contribution in [3.63, 3.8) is 0 Å². The van der Waals surface area contributed by atoms with Gasteiger partial charge in [-0.05, 0) is 0 Å². The molecule has 2 atom stereocenters. The zero-order valence-electron chi connectivity index (χ0n) is 15.0. The zero-order chi connectivity index (χ0) is 18.7. The van der Waals surface area contributed by atoms with Gasteiger partial charge >= 0.3 is 161 Å². The van der Waals surface area contributed by atoms with Crippen LogP contribution < -0.4 is 10.6 Å². The van der Waals surface area contributed by atoms with E-state index in [9.17, 15) is 0 Å². The first-order valence-corrected chi connectivity index (χ1v) is 13.0. The van der Waals surface area contributed by atoms with Gasteiger partial charge in [-0.25, -0.2) is 0 Å². The Balaban J connectivity index is 1.41. The molecule has 2 aliphatic heterocycles. The number of alkyl halides is 3. The second kappa shape index (κ2) is 6.21. The van der Waals surface area contributed by atoms with Crippen LogP contribution in [0.5, 0.6) is 0 Å². The van der Waals surface area contributed by atoms with Crippen LogP contribution in [-0.4, -0.2) is 55.8 Å². The van der Waals surface area contributed by atoms with Crippen molar-refractivity contribution < 1.29 is 4.74 Å². The molecular weight excluding hydrogens is 471 g/mol. The van der Waals surface area contributed by atoms with Crippen LogP contribution in [0.1, 0.15) is 0 Å². The summed E-state index contributed by atoms with van der Waals surface area (Å²) in [6.45, 7) is 0.897. The van der Waals surface area contributed by atoms with E-state index in [-0.39, 0.29) is 0 Å². The Labute approximate surface area is 167 Å². The first kappa shape index (κ1) is 16.4. The minimum absolute atomic E-state index is 0.566. The fourth-order valence-electron chi connectivity index (χ4n) is 3.59. The van der Waals surface area contributed by atoms with E-state index >= 15 is 0 Å². The molecule has 2 fully saturated rings. The molecule has 0 aromatic carbocycles. The first-order chi connectivity index (χ1) is 13.8. The molecule has 0 spiro atoms. The van der Waals surface area contributed by atoms with Gasteiger partial charge in [0.1, 0.15) is 0 Å². The van der Waals surface area contributed by atoms with E-state index in [4.69, 9.17) is 9.72 Å². The Morgan fingerprint density at radius 2 is 2.11 bits per heavy atom. The molecule has 142 valence electrons. The van der Waals surface area contributed by atoms with Crippen LogP contribution in [0.15, 0.2) is 36.8 Å². The second-order valence-electron chi connectivity index (χ2n) is 6.63. The van der Waals surface area contributed by atoms with Gasteiger partial charge in [0.15, 0.2) is 0 Å². The van der Waals surface area contributed by atoms with Crippen LogP contribution in [-0.2, 0) is 4.74 Å². The van der Waals surface area contributed by atoms with Crippen molar-refractivity contribution in [2.24, 2.45) is 0 Å². The van der Waals surface area contributed by atoms with Crippen LogP contribution in [0.25, 0.3) is 27.9 Å². The standard InChI is InChI=1S/C18H17IN8O/c1-20-17-14-10(12-2-3-13-16(23-12)22-6-5-21-13)4-7-27(14)26-18(25-17)24-15-11-8-28-9-19(11)15/h2-7,11,15H,8-9H2,1H3,(H2,20,24,25,26)/t11-,15-/m0/s1. The van der Waals surface area contributed by atoms with E-state index < -0.39 is 19.8 Å². The van der Waals surface area contributed by atoms with Gasteiger partial charge in [0.2, 0.25) is 0 Å². The third kappa shape index (κ3) is 2.51. The van der Waals surface area contributed by atoms with Gasteiger partial charge in [0.05, 0.1) is 0 Å². The predicted octanol–water partition coefficient (Wildman–Crippen LogP) is 2.39. The molecule has 0 unspecified atom stereocenters. The SMILES string of the molecule is CNc1nc(N[C@H]2[C@@H]3COCI32)nn2ccc(-c3ccc4nccnc4n3)c12. The van der Waals surface area contributed by atoms with Crippen LogP contribution in [0.2, 0.25) is 0 Å². The van der Waals surface area contributed by atoms with E-state index in [0.717, 1.165) is 43.3 Å². The van der Waals surface area contributed by atoms with Crippen molar-refractivity contribution in [3.05, 3.63) is 36.8 Å². The number of hydrogen-bond donors (Lipinski definition) is 2. The maximum atomic E-state index is 5.53. The van der Waals surface area contributed by atoms with E-state index in [1.165, 1.54) is 0 Å². The third-order valence-electron chi connectivity index (χ3n) is 5.02. The summed E-state index contributed by atoms with van der Waals surface area (Å²) in [6, 6.07) is 5.90. The average molecular weight is 488 g/mol. The predicted molar refractivity (Wildman–Crippen MR) is 115 cm³/mol. The molecule has 0 saturated carbocycles. The van der Waals surface area contributed by atoms with Crippen LogP contribution in [0.4, 0.5) is 11.8 Å². The Morgan fingerprint density at radius 3 is 2.96 bits per heavy atom. The van der Waals surface area contributed by atoms with Crippen molar-refractivity contribution in [1.29, 1.82) is 0 Å². The number of nitrogens with one attached hydrogen (secondary N) is 2. The summed E-state index contributed by atoms with van der Waals surface area (Å²) in [5.41, 5.74) is 4.06. The number of ether oxygens (including phenoxy) is 1. The van der Waals surface area contributed by atoms with E-state index in [0.29, 0.717) is 15.6 Å². The molecule has 9 nitrogen and oxygen atoms in total. The fourth-order valence-corrected chi connectivity index (χ4v) is 9.83. The molecule has 28 heavy (non-hydrogen) atoms. The minimum atomic E-state index is -0.964. The van der Waals surface area contributed by atoms with Crippen molar-refractivity contribution in [3.8, 4) is 11.3 Å². The summed E-state index contributed by atoms with van der Waals surface area (Å²) in [5, 5.41) is 11.4. The van der Waals surface area contributed by atoms with Gasteiger partial charge in [-0.1, -0.05) is 0 Å². The molecule has 0 amide bonds. The molecule has 10 heteroatoms. The van der Waals surface area contributed by atoms with Crippen LogP contribution in [0, 0.1) is 0 Å². The van der Waals surface area contributed by atoms with E-state index in [2.05, 4.69) is 30.7 Å². The Bertz CT molecular complexity index is 1200. The summed E-state index contributed by atoms with van der Waals surface area (Å²) in [7, 11) is 1.87. The molecule has 2 saturated heterocycles. The van der Waals surface area contributed by atoms with Crippen molar-refractivity contribution in [2.45, 2.75) is 7.97 Å². The van der Waals surface area contributed by atoms with Crippen molar-refractivity contribution in [2.75, 3.05) is 28.9 Å². The summed E-state index contributed by atoms with van der Waals surface area (Å²) in [6.07, 6.45) is 5.26. The molecule has 6 heterocycles. The monoisotopic (exact) mass is 488 g/mol. The van der Waals surface area contributed by atoms with Gasteiger partial charge < -0.3 is 0 Å². The molecule has 0 bridgehead atoms. The van der Waals surface area contributed by atoms with Crippen molar-refractivity contribution in [1.82, 2.24) is 29.5 Å². The number of nitrogens with zero attached hydrogens (tertiary/aromatic N) is 6. The molecule has 0 aliphatic carbocycles. The quantitative estimate of drug-likeness (QED) is 0.257. The summed E-state index contributed by atoms with van der Waals surface area (Å²) >= 11 is -0.964. The first-order valence-electron chi connectivity index (χ1n) is 8.94. The van der Waals surface area contributed by atoms with Crippen molar-refractivity contribution >= 4 is 48.3 Å². The summed E-state index contributed by atoms with van der Waals surface area (Å²) in [4.78, 5) is 18.0. The molecule has 2 aliphatic rings. The number of anilines is 2. The second-order valence-corrected chi connectivity index (χ2v) is 12.7. The fraction of sp³-hybridized carbons (Fsp3) is 0.278. The van der Waals surface area contributed by atoms with Gasteiger partial charge in [-0.15, -0.1) is 0 Å². The molecular formula is C18H17IN8O. The third-order valence-corrected chi connectivity index (χ3v) is 11.4. The summed E-state index contributed by atoms with van der Waals surface area (Å²) < 4.78 is 9.68. The molecule has 6 rings (SSSR count). The number of halogens is 1. The molecule has 4 aromatic rings. The Morgan fingerprint density at radius 1 is 1.18 bits per heavy atom. The van der Waals surface area contributed by atoms with Crippen LogP contribution >= 0.6 is 19.8 Å². The van der Waals surface area contributed by atoms with Crippen LogP contribution in [0.3, 0.4) is 0 Å². The average Bonchev–Trinajstić information content (AvgIpc) is 3.09. The van der Waals surface area contributed by atoms with Gasteiger partial charge in [-0.2, -0.15) is 0 Å². The normalized spacial score (nSPS) is 21.8. The van der Waals surface area contributed by atoms with Gasteiger partial charge in [-0.3, -0.25) is 0 Å². The Kier molecular flexibility index (Phi) is 3.63. The number of aromatic nitrogens is 6. The molecule has 2 N–H and O–H groups in total. The maximum absolute atomic E-state index is 5.53. The molecule has 0 radical (unpaired) electrons. The number of fused-ring (bicyclic) bond motifs is 3. The van der Waals surface area contributed by atoms with E-state index in [1.54, 1.807) is 12.4 Å².